The maximum absolute atomic E-state index is 11.9. The summed E-state index contributed by atoms with van der Waals surface area (Å²) in [4.78, 5) is 26.2. The van der Waals surface area contributed by atoms with Gasteiger partial charge < -0.3 is 24.3 Å². The van der Waals surface area contributed by atoms with Gasteiger partial charge in [0.25, 0.3) is 5.91 Å². The Balaban J connectivity index is 1.39. The zero-order valence-corrected chi connectivity index (χ0v) is 20.7. The number of rotatable bonds is 9. The molecule has 1 fully saturated rings. The van der Waals surface area contributed by atoms with Gasteiger partial charge >= 0.3 is 0 Å². The zero-order chi connectivity index (χ0) is 23.9. The van der Waals surface area contributed by atoms with Crippen molar-refractivity contribution in [2.75, 3.05) is 49.6 Å². The minimum atomic E-state index is -0.195. The topological polar surface area (TPSA) is 83.7 Å². The molecule has 0 saturated carbocycles. The van der Waals surface area contributed by atoms with E-state index >= 15 is 0 Å². The summed E-state index contributed by atoms with van der Waals surface area (Å²) >= 11 is 1.52. The molecule has 1 aromatic carbocycles. The summed E-state index contributed by atoms with van der Waals surface area (Å²) in [5.74, 6) is 3.26. The fourth-order valence-corrected chi connectivity index (χ4v) is 4.58. The van der Waals surface area contributed by atoms with Crippen molar-refractivity contribution in [2.45, 2.75) is 31.2 Å². The largest absolute Gasteiger partial charge is 0.497 e. The first-order chi connectivity index (χ1) is 16.6. The Hall–Kier alpha value is -3.20. The number of hydrogen-bond acceptors (Lipinski definition) is 8. The molecule has 1 aliphatic rings. The Kier molecular flexibility index (Phi) is 7.95. The third-order valence-corrected chi connectivity index (χ3v) is 6.58. The number of hydrogen-bond donors (Lipinski definition) is 1. The molecule has 0 bridgehead atoms. The van der Waals surface area contributed by atoms with Crippen LogP contribution < -0.4 is 19.9 Å². The first-order valence-corrected chi connectivity index (χ1v) is 12.6. The molecule has 0 radical (unpaired) electrons. The average molecular weight is 482 g/mol. The summed E-state index contributed by atoms with van der Waals surface area (Å²) in [5.41, 5.74) is 2.23. The molecule has 0 unspecified atom stereocenters. The summed E-state index contributed by atoms with van der Waals surface area (Å²) in [6.07, 6.45) is 0.844. The van der Waals surface area contributed by atoms with Crippen LogP contribution in [-0.4, -0.2) is 55.7 Å². The molecule has 9 heteroatoms. The third kappa shape index (κ3) is 5.83. The van der Waals surface area contributed by atoms with Crippen molar-refractivity contribution in [1.82, 2.24) is 15.3 Å². The van der Waals surface area contributed by atoms with Crippen LogP contribution in [0.1, 0.15) is 35.9 Å². The Bertz CT molecular complexity index is 1090. The van der Waals surface area contributed by atoms with E-state index in [4.69, 9.17) is 19.1 Å². The number of anilines is 2. The van der Waals surface area contributed by atoms with E-state index in [2.05, 4.69) is 40.2 Å². The van der Waals surface area contributed by atoms with Gasteiger partial charge in [-0.25, -0.2) is 9.97 Å². The van der Waals surface area contributed by atoms with E-state index in [9.17, 15) is 4.79 Å². The molecule has 0 atom stereocenters. The molecule has 1 saturated heterocycles. The van der Waals surface area contributed by atoms with Crippen molar-refractivity contribution in [2.24, 2.45) is 0 Å². The lowest BCUT2D eigenvalue weighted by Crippen LogP contribution is -2.46. The predicted molar refractivity (Wildman–Crippen MR) is 135 cm³/mol. The van der Waals surface area contributed by atoms with Crippen LogP contribution in [0.5, 0.6) is 5.75 Å². The van der Waals surface area contributed by atoms with Gasteiger partial charge in [0.1, 0.15) is 17.3 Å². The molecule has 180 valence electrons. The van der Waals surface area contributed by atoms with Crippen molar-refractivity contribution < 1.29 is 13.9 Å². The van der Waals surface area contributed by atoms with Crippen molar-refractivity contribution in [1.29, 1.82) is 0 Å². The van der Waals surface area contributed by atoms with Crippen molar-refractivity contribution in [3.05, 3.63) is 59.7 Å². The summed E-state index contributed by atoms with van der Waals surface area (Å²) in [6, 6.07) is 13.8. The van der Waals surface area contributed by atoms with Crippen molar-refractivity contribution >= 4 is 29.2 Å². The maximum Gasteiger partial charge on any atom is 0.286 e. The first-order valence-electron chi connectivity index (χ1n) is 11.6. The SMILES string of the molecule is CCNC(=O)c1ccc(CSc2nc(CC)cc(N3CCN(c4ccc(OC)cc4)CC3)n2)o1. The Morgan fingerprint density at radius 2 is 1.79 bits per heavy atom. The lowest BCUT2D eigenvalue weighted by molar-refractivity contribution is 0.0927. The number of piperazine rings is 1. The van der Waals surface area contributed by atoms with Crippen LogP contribution in [0.25, 0.3) is 0 Å². The number of nitrogens with one attached hydrogen (secondary N) is 1. The molecule has 3 aromatic rings. The summed E-state index contributed by atoms with van der Waals surface area (Å²) in [6.45, 7) is 8.19. The molecule has 3 heterocycles. The fraction of sp³-hybridized carbons (Fsp3) is 0.400. The molecular formula is C25H31N5O3S. The lowest BCUT2D eigenvalue weighted by Gasteiger charge is -2.37. The Labute approximate surface area is 204 Å². The Morgan fingerprint density at radius 1 is 1.06 bits per heavy atom. The number of aromatic nitrogens is 2. The van der Waals surface area contributed by atoms with E-state index in [0.29, 0.717) is 18.1 Å². The highest BCUT2D eigenvalue weighted by molar-refractivity contribution is 7.98. The fourth-order valence-electron chi connectivity index (χ4n) is 3.81. The van der Waals surface area contributed by atoms with E-state index in [0.717, 1.165) is 60.8 Å². The zero-order valence-electron chi connectivity index (χ0n) is 19.9. The summed E-state index contributed by atoms with van der Waals surface area (Å²) in [5, 5.41) is 3.47. The smallest absolute Gasteiger partial charge is 0.286 e. The predicted octanol–water partition coefficient (Wildman–Crippen LogP) is 4.01. The molecule has 2 aromatic heterocycles. The van der Waals surface area contributed by atoms with Gasteiger partial charge in [-0.3, -0.25) is 4.79 Å². The maximum atomic E-state index is 11.9. The number of methoxy groups -OCH3 is 1. The molecule has 4 rings (SSSR count). The van der Waals surface area contributed by atoms with Gasteiger partial charge in [-0.1, -0.05) is 18.7 Å². The van der Waals surface area contributed by atoms with E-state index in [-0.39, 0.29) is 5.91 Å². The Morgan fingerprint density at radius 3 is 2.47 bits per heavy atom. The standard InChI is InChI=1S/C25H31N5O3S/c1-4-18-16-23(30-14-12-29(13-15-30)19-6-8-20(32-3)9-7-19)28-25(27-18)34-17-21-10-11-22(33-21)24(31)26-5-2/h6-11,16H,4-5,12-15,17H2,1-3H3,(H,26,31). The van der Waals surface area contributed by atoms with Crippen LogP contribution >= 0.6 is 11.8 Å². The number of carbonyl (C=O) groups is 1. The van der Waals surface area contributed by atoms with Crippen LogP contribution in [0.4, 0.5) is 11.5 Å². The third-order valence-electron chi connectivity index (χ3n) is 5.71. The van der Waals surface area contributed by atoms with Crippen LogP contribution in [-0.2, 0) is 12.2 Å². The normalized spacial score (nSPS) is 13.7. The molecule has 1 amide bonds. The average Bonchev–Trinajstić information content (AvgIpc) is 3.37. The van der Waals surface area contributed by atoms with Gasteiger partial charge in [-0.05, 0) is 49.7 Å². The second-order valence-electron chi connectivity index (χ2n) is 7.94. The van der Waals surface area contributed by atoms with E-state index in [1.165, 1.54) is 17.4 Å². The first kappa shape index (κ1) is 23.9. The molecule has 1 aliphatic heterocycles. The number of furan rings is 1. The monoisotopic (exact) mass is 481 g/mol. The van der Waals surface area contributed by atoms with Crippen LogP contribution in [0.15, 0.2) is 52.0 Å². The molecule has 0 spiro atoms. The number of aryl methyl sites for hydroxylation is 1. The highest BCUT2D eigenvalue weighted by atomic mass is 32.2. The van der Waals surface area contributed by atoms with Gasteiger partial charge in [-0.15, -0.1) is 0 Å². The van der Waals surface area contributed by atoms with Gasteiger partial charge in [0.2, 0.25) is 0 Å². The minimum absolute atomic E-state index is 0.195. The van der Waals surface area contributed by atoms with E-state index < -0.39 is 0 Å². The van der Waals surface area contributed by atoms with Crippen LogP contribution in [0, 0.1) is 0 Å². The molecule has 34 heavy (non-hydrogen) atoms. The highest BCUT2D eigenvalue weighted by Gasteiger charge is 2.20. The van der Waals surface area contributed by atoms with Crippen molar-refractivity contribution in [3.8, 4) is 5.75 Å². The van der Waals surface area contributed by atoms with E-state index in [1.54, 1.807) is 13.2 Å². The van der Waals surface area contributed by atoms with Gasteiger partial charge in [0.05, 0.1) is 12.9 Å². The van der Waals surface area contributed by atoms with Crippen molar-refractivity contribution in [3.63, 3.8) is 0 Å². The highest BCUT2D eigenvalue weighted by Crippen LogP contribution is 2.26. The number of ether oxygens (including phenoxy) is 1. The number of benzene rings is 1. The number of nitrogens with zero attached hydrogens (tertiary/aromatic N) is 4. The number of carbonyl (C=O) groups excluding carboxylic acids is 1. The molecular weight excluding hydrogens is 450 g/mol. The molecule has 1 N–H and O–H groups in total. The van der Waals surface area contributed by atoms with Crippen LogP contribution in [0.3, 0.4) is 0 Å². The molecule has 0 aliphatic carbocycles. The number of amides is 1. The molecule has 8 nitrogen and oxygen atoms in total. The summed E-state index contributed by atoms with van der Waals surface area (Å²) < 4.78 is 10.9. The van der Waals surface area contributed by atoms with Gasteiger partial charge in [0, 0.05) is 50.2 Å². The summed E-state index contributed by atoms with van der Waals surface area (Å²) in [7, 11) is 1.68. The quantitative estimate of drug-likeness (QED) is 0.363. The van der Waals surface area contributed by atoms with E-state index in [1.807, 2.05) is 25.1 Å². The second-order valence-corrected chi connectivity index (χ2v) is 8.88. The second kappa shape index (κ2) is 11.3. The number of thioether (sulfide) groups is 1. The lowest BCUT2D eigenvalue weighted by atomic mass is 10.2. The van der Waals surface area contributed by atoms with Gasteiger partial charge in [-0.2, -0.15) is 0 Å². The minimum Gasteiger partial charge on any atom is -0.497 e. The van der Waals surface area contributed by atoms with Crippen LogP contribution in [0.2, 0.25) is 0 Å². The van der Waals surface area contributed by atoms with Gasteiger partial charge in [0.15, 0.2) is 10.9 Å².